The number of carbonyl (C=O) groups is 2. The first kappa shape index (κ1) is 14.0. The summed E-state index contributed by atoms with van der Waals surface area (Å²) in [6, 6.07) is 0.278. The molecule has 0 unspecified atom stereocenters. The highest BCUT2D eigenvalue weighted by Crippen LogP contribution is 2.31. The number of carboxylic acid groups (broad SMARTS) is 1. The largest absolute Gasteiger partial charge is 0.480 e. The zero-order chi connectivity index (χ0) is 13.2. The predicted molar refractivity (Wildman–Crippen MR) is 65.6 cm³/mol. The summed E-state index contributed by atoms with van der Waals surface area (Å²) in [4.78, 5) is 25.1. The Kier molecular flexibility index (Phi) is 4.17. The van der Waals surface area contributed by atoms with E-state index in [1.807, 2.05) is 0 Å². The van der Waals surface area contributed by atoms with Crippen LogP contribution in [-0.4, -0.2) is 34.5 Å². The average Bonchev–Trinajstić information content (AvgIpc) is 3.01. The number of amides is 1. The molecule has 17 heavy (non-hydrogen) atoms. The molecule has 4 heteroatoms. The van der Waals surface area contributed by atoms with Gasteiger partial charge in [-0.05, 0) is 39.0 Å². The Morgan fingerprint density at radius 2 is 1.88 bits per heavy atom. The van der Waals surface area contributed by atoms with Gasteiger partial charge in [0.05, 0.1) is 0 Å². The van der Waals surface area contributed by atoms with E-state index in [4.69, 9.17) is 5.11 Å². The minimum Gasteiger partial charge on any atom is -0.480 e. The third kappa shape index (κ3) is 3.45. The van der Waals surface area contributed by atoms with Crippen molar-refractivity contribution < 1.29 is 14.7 Å². The van der Waals surface area contributed by atoms with Gasteiger partial charge in [-0.15, -0.1) is 0 Å². The molecule has 0 heterocycles. The molecule has 0 aromatic heterocycles. The molecule has 0 aromatic carbocycles. The monoisotopic (exact) mass is 241 g/mol. The molecule has 0 atom stereocenters. The van der Waals surface area contributed by atoms with Gasteiger partial charge in [-0.2, -0.15) is 0 Å². The van der Waals surface area contributed by atoms with Crippen LogP contribution in [0.3, 0.4) is 0 Å². The fourth-order valence-electron chi connectivity index (χ4n) is 1.68. The third-order valence-corrected chi connectivity index (χ3v) is 3.27. The topological polar surface area (TPSA) is 57.6 Å². The first-order chi connectivity index (χ1) is 7.76. The van der Waals surface area contributed by atoms with Crippen LogP contribution in [0.5, 0.6) is 0 Å². The normalized spacial score (nSPS) is 16.1. The van der Waals surface area contributed by atoms with Crippen LogP contribution in [0.15, 0.2) is 0 Å². The molecule has 0 radical (unpaired) electrons. The van der Waals surface area contributed by atoms with Gasteiger partial charge < -0.3 is 10.0 Å². The van der Waals surface area contributed by atoms with E-state index < -0.39 is 11.4 Å². The summed E-state index contributed by atoms with van der Waals surface area (Å²) in [5.74, 6) is -0.761. The summed E-state index contributed by atoms with van der Waals surface area (Å²) in [6.07, 6.45) is 2.96. The highest BCUT2D eigenvalue weighted by molar-refractivity contribution is 6.01. The summed E-state index contributed by atoms with van der Waals surface area (Å²) < 4.78 is 0. The summed E-state index contributed by atoms with van der Waals surface area (Å²) in [7, 11) is 0. The maximum Gasteiger partial charge on any atom is 0.318 e. The lowest BCUT2D eigenvalue weighted by Gasteiger charge is -2.30. The maximum absolute atomic E-state index is 12.2. The second-order valence-electron chi connectivity index (χ2n) is 5.84. The van der Waals surface area contributed by atoms with Crippen molar-refractivity contribution in [1.29, 1.82) is 0 Å². The van der Waals surface area contributed by atoms with E-state index in [1.54, 1.807) is 4.90 Å². The van der Waals surface area contributed by atoms with Gasteiger partial charge in [0, 0.05) is 12.6 Å². The van der Waals surface area contributed by atoms with E-state index >= 15 is 0 Å². The SMILES string of the molecule is CC(C)CCN(C(=O)C(C)(C)C(=O)O)C1CC1. The fraction of sp³-hybridized carbons (Fsp3) is 0.846. The molecule has 1 amide bonds. The van der Waals surface area contributed by atoms with Crippen molar-refractivity contribution in [2.24, 2.45) is 11.3 Å². The second-order valence-corrected chi connectivity index (χ2v) is 5.84. The molecule has 98 valence electrons. The lowest BCUT2D eigenvalue weighted by molar-refractivity contribution is -0.158. The first-order valence-corrected chi connectivity index (χ1v) is 6.31. The van der Waals surface area contributed by atoms with Gasteiger partial charge in [-0.3, -0.25) is 9.59 Å². The minimum atomic E-state index is -1.31. The van der Waals surface area contributed by atoms with Gasteiger partial charge in [0.25, 0.3) is 0 Å². The molecule has 0 bridgehead atoms. The Hall–Kier alpha value is -1.06. The van der Waals surface area contributed by atoms with Crippen LogP contribution < -0.4 is 0 Å². The number of carboxylic acids is 1. The molecule has 1 aliphatic rings. The standard InChI is InChI=1S/C13H23NO3/c1-9(2)7-8-14(10-5-6-10)11(15)13(3,4)12(16)17/h9-10H,5-8H2,1-4H3,(H,16,17). The lowest BCUT2D eigenvalue weighted by atomic mass is 9.91. The van der Waals surface area contributed by atoms with Crippen molar-refractivity contribution in [2.45, 2.75) is 53.0 Å². The number of hydrogen-bond acceptors (Lipinski definition) is 2. The molecule has 1 rings (SSSR count). The summed E-state index contributed by atoms with van der Waals surface area (Å²) >= 11 is 0. The van der Waals surface area contributed by atoms with Crippen LogP contribution in [0.2, 0.25) is 0 Å². The number of nitrogens with zero attached hydrogens (tertiary/aromatic N) is 1. The predicted octanol–water partition coefficient (Wildman–Crippen LogP) is 2.13. The highest BCUT2D eigenvalue weighted by atomic mass is 16.4. The summed E-state index contributed by atoms with van der Waals surface area (Å²) in [5.41, 5.74) is -1.31. The van der Waals surface area contributed by atoms with Crippen molar-refractivity contribution in [2.75, 3.05) is 6.54 Å². The van der Waals surface area contributed by atoms with Crippen molar-refractivity contribution in [3.8, 4) is 0 Å². The van der Waals surface area contributed by atoms with Crippen LogP contribution in [0.25, 0.3) is 0 Å². The molecule has 1 aliphatic carbocycles. The van der Waals surface area contributed by atoms with Crippen molar-refractivity contribution in [1.82, 2.24) is 4.90 Å². The molecule has 1 saturated carbocycles. The highest BCUT2D eigenvalue weighted by Gasteiger charge is 2.43. The smallest absolute Gasteiger partial charge is 0.318 e. The van der Waals surface area contributed by atoms with Crippen molar-refractivity contribution in [3.05, 3.63) is 0 Å². The molecular weight excluding hydrogens is 218 g/mol. The quantitative estimate of drug-likeness (QED) is 0.725. The Bertz CT molecular complexity index is 306. The Balaban J connectivity index is 2.70. The van der Waals surface area contributed by atoms with Crippen LogP contribution in [0.4, 0.5) is 0 Å². The maximum atomic E-state index is 12.2. The summed E-state index contributed by atoms with van der Waals surface area (Å²) in [6.45, 7) is 7.87. The first-order valence-electron chi connectivity index (χ1n) is 6.31. The Morgan fingerprint density at radius 1 is 1.35 bits per heavy atom. The van der Waals surface area contributed by atoms with E-state index in [0.29, 0.717) is 12.5 Å². The van der Waals surface area contributed by atoms with Gasteiger partial charge >= 0.3 is 5.97 Å². The van der Waals surface area contributed by atoms with Gasteiger partial charge in [0.15, 0.2) is 0 Å². The third-order valence-electron chi connectivity index (χ3n) is 3.27. The lowest BCUT2D eigenvalue weighted by Crippen LogP contribution is -2.46. The minimum absolute atomic E-state index is 0.242. The number of rotatable bonds is 6. The molecule has 0 aliphatic heterocycles. The molecule has 1 fully saturated rings. The summed E-state index contributed by atoms with van der Waals surface area (Å²) in [5, 5.41) is 9.09. The second kappa shape index (κ2) is 5.07. The zero-order valence-corrected chi connectivity index (χ0v) is 11.2. The number of carbonyl (C=O) groups excluding carboxylic acids is 1. The van der Waals surface area contributed by atoms with Gasteiger partial charge in [0.2, 0.25) is 5.91 Å². The van der Waals surface area contributed by atoms with Gasteiger partial charge in [-0.1, -0.05) is 13.8 Å². The number of aliphatic carboxylic acids is 1. The molecule has 0 saturated heterocycles. The van der Waals surface area contributed by atoms with Crippen LogP contribution >= 0.6 is 0 Å². The van der Waals surface area contributed by atoms with Crippen LogP contribution in [0, 0.1) is 11.3 Å². The molecule has 0 aromatic rings. The average molecular weight is 241 g/mol. The van der Waals surface area contributed by atoms with Crippen molar-refractivity contribution >= 4 is 11.9 Å². The van der Waals surface area contributed by atoms with Gasteiger partial charge in [0.1, 0.15) is 5.41 Å². The van der Waals surface area contributed by atoms with E-state index in [9.17, 15) is 9.59 Å². The van der Waals surface area contributed by atoms with Gasteiger partial charge in [-0.25, -0.2) is 0 Å². The van der Waals surface area contributed by atoms with E-state index in [1.165, 1.54) is 13.8 Å². The van der Waals surface area contributed by atoms with E-state index in [0.717, 1.165) is 19.3 Å². The number of hydrogen-bond donors (Lipinski definition) is 1. The van der Waals surface area contributed by atoms with Crippen molar-refractivity contribution in [3.63, 3.8) is 0 Å². The molecule has 4 nitrogen and oxygen atoms in total. The Labute approximate surface area is 103 Å². The van der Waals surface area contributed by atoms with Crippen LogP contribution in [-0.2, 0) is 9.59 Å². The molecular formula is C13H23NO3. The van der Waals surface area contributed by atoms with E-state index in [2.05, 4.69) is 13.8 Å². The van der Waals surface area contributed by atoms with E-state index in [-0.39, 0.29) is 11.9 Å². The zero-order valence-electron chi connectivity index (χ0n) is 11.2. The molecule has 1 N–H and O–H groups in total. The van der Waals surface area contributed by atoms with Crippen LogP contribution in [0.1, 0.15) is 47.0 Å². The Morgan fingerprint density at radius 3 is 2.24 bits per heavy atom. The fourth-order valence-corrected chi connectivity index (χ4v) is 1.68. The molecule has 0 spiro atoms.